The van der Waals surface area contributed by atoms with Crippen LogP contribution in [0, 0.1) is 21.7 Å². The first-order valence-corrected chi connectivity index (χ1v) is 7.64. The van der Waals surface area contributed by atoms with E-state index in [1.165, 1.54) is 18.2 Å². The first-order valence-electron chi connectivity index (χ1n) is 7.64. The van der Waals surface area contributed by atoms with Gasteiger partial charge in [0.05, 0.1) is 16.5 Å². The summed E-state index contributed by atoms with van der Waals surface area (Å²) in [5.74, 6) is -2.23. The number of benzene rings is 2. The number of likely N-dealkylation sites (N-methyl/N-ethyl adjacent to an activating group) is 1. The minimum Gasteiger partial charge on any atom is -0.382 e. The maximum Gasteiger partial charge on any atom is 0.270 e. The molecule has 7 nitrogen and oxygen atoms in total. The molecule has 0 aliphatic heterocycles. The van der Waals surface area contributed by atoms with Crippen LogP contribution in [0.25, 0.3) is 0 Å². The first-order chi connectivity index (χ1) is 12.2. The number of amides is 1. The van der Waals surface area contributed by atoms with E-state index < -0.39 is 28.5 Å². The third-order valence-electron chi connectivity index (χ3n) is 3.92. The smallest absolute Gasteiger partial charge is 0.270 e. The summed E-state index contributed by atoms with van der Waals surface area (Å²) in [6.07, 6.45) is 0. The lowest BCUT2D eigenvalue weighted by atomic mass is 10.0. The number of nitrogens with zero attached hydrogens (tertiary/aromatic N) is 2. The van der Waals surface area contributed by atoms with Crippen molar-refractivity contribution in [3.63, 3.8) is 0 Å². The van der Waals surface area contributed by atoms with Gasteiger partial charge in [-0.1, -0.05) is 6.07 Å². The Morgan fingerprint density at radius 3 is 2.38 bits per heavy atom. The molecule has 26 heavy (non-hydrogen) atoms. The highest BCUT2D eigenvalue weighted by Crippen LogP contribution is 2.27. The molecule has 0 aliphatic rings. The topological polar surface area (TPSA) is 102 Å². The molecule has 0 radical (unpaired) electrons. The Kier molecular flexibility index (Phi) is 5.83. The minimum absolute atomic E-state index is 0.0446. The Labute approximate surface area is 148 Å². The van der Waals surface area contributed by atoms with E-state index in [0.29, 0.717) is 0 Å². The maximum atomic E-state index is 14.1. The van der Waals surface area contributed by atoms with E-state index >= 15 is 0 Å². The Hall–Kier alpha value is -3.07. The number of nitro groups is 1. The van der Waals surface area contributed by atoms with Gasteiger partial charge in [0.25, 0.3) is 11.6 Å². The van der Waals surface area contributed by atoms with Crippen molar-refractivity contribution < 1.29 is 18.5 Å². The standard InChI is InChI=1S/C17H18F2N4O3/c1-22(2)15(16-12(18)4-3-5-13(16)19)9-21-14-7-6-10(23(25)26)8-11(14)17(20)24/h3-8,15,21H,9H2,1-2H3,(H2,20,24). The van der Waals surface area contributed by atoms with Crippen LogP contribution in [-0.4, -0.2) is 36.4 Å². The number of halogens is 2. The molecule has 0 fully saturated rings. The number of nitrogens with one attached hydrogen (secondary N) is 1. The second-order valence-electron chi connectivity index (χ2n) is 5.85. The average molecular weight is 364 g/mol. The fourth-order valence-corrected chi connectivity index (χ4v) is 2.58. The van der Waals surface area contributed by atoms with E-state index in [1.54, 1.807) is 19.0 Å². The summed E-state index contributed by atoms with van der Waals surface area (Å²) in [7, 11) is 3.31. The quantitative estimate of drug-likeness (QED) is 0.581. The summed E-state index contributed by atoms with van der Waals surface area (Å²) >= 11 is 0. The monoisotopic (exact) mass is 364 g/mol. The molecule has 0 aliphatic carbocycles. The SMILES string of the molecule is CN(C)C(CNc1ccc([N+](=O)[O-])cc1C(N)=O)c1c(F)cccc1F. The van der Waals surface area contributed by atoms with Crippen LogP contribution in [0.1, 0.15) is 22.0 Å². The molecule has 1 unspecified atom stereocenters. The fourth-order valence-electron chi connectivity index (χ4n) is 2.58. The first kappa shape index (κ1) is 19.3. The molecule has 0 saturated carbocycles. The van der Waals surface area contributed by atoms with Crippen LogP contribution in [0.3, 0.4) is 0 Å². The molecular weight excluding hydrogens is 346 g/mol. The Morgan fingerprint density at radius 2 is 1.88 bits per heavy atom. The van der Waals surface area contributed by atoms with E-state index in [0.717, 1.165) is 18.2 Å². The second-order valence-corrected chi connectivity index (χ2v) is 5.85. The minimum atomic E-state index is -0.852. The van der Waals surface area contributed by atoms with Gasteiger partial charge in [0.1, 0.15) is 11.6 Å². The van der Waals surface area contributed by atoms with E-state index in [4.69, 9.17) is 5.73 Å². The van der Waals surface area contributed by atoms with Gasteiger partial charge in [0, 0.05) is 29.9 Å². The normalized spacial score (nSPS) is 12.0. The molecule has 0 bridgehead atoms. The number of nitro benzene ring substituents is 1. The zero-order valence-corrected chi connectivity index (χ0v) is 14.2. The van der Waals surface area contributed by atoms with Crippen molar-refractivity contribution >= 4 is 17.3 Å². The Bertz CT molecular complexity index is 823. The van der Waals surface area contributed by atoms with Crippen molar-refractivity contribution in [3.8, 4) is 0 Å². The van der Waals surface area contributed by atoms with Crippen molar-refractivity contribution in [2.75, 3.05) is 26.0 Å². The van der Waals surface area contributed by atoms with Gasteiger partial charge in [-0.2, -0.15) is 0 Å². The number of nitrogens with two attached hydrogens (primary N) is 1. The van der Waals surface area contributed by atoms with Crippen LogP contribution in [0.15, 0.2) is 36.4 Å². The molecule has 3 N–H and O–H groups in total. The number of carbonyl (C=O) groups is 1. The lowest BCUT2D eigenvalue weighted by Gasteiger charge is -2.26. The molecule has 2 rings (SSSR count). The van der Waals surface area contributed by atoms with Gasteiger partial charge in [-0.15, -0.1) is 0 Å². The van der Waals surface area contributed by atoms with Crippen LogP contribution in [-0.2, 0) is 0 Å². The molecule has 2 aromatic carbocycles. The van der Waals surface area contributed by atoms with Gasteiger partial charge in [0.2, 0.25) is 0 Å². The third-order valence-corrected chi connectivity index (χ3v) is 3.92. The number of carbonyl (C=O) groups excluding carboxylic acids is 1. The predicted molar refractivity (Wildman–Crippen MR) is 92.9 cm³/mol. The molecule has 0 aromatic heterocycles. The zero-order valence-electron chi connectivity index (χ0n) is 14.2. The van der Waals surface area contributed by atoms with E-state index in [1.807, 2.05) is 0 Å². The summed E-state index contributed by atoms with van der Waals surface area (Å²) in [4.78, 5) is 23.4. The van der Waals surface area contributed by atoms with Gasteiger partial charge >= 0.3 is 0 Å². The van der Waals surface area contributed by atoms with Gasteiger partial charge in [0.15, 0.2) is 0 Å². The van der Waals surface area contributed by atoms with Gasteiger partial charge in [-0.25, -0.2) is 8.78 Å². The Balaban J connectivity index is 2.33. The molecule has 0 heterocycles. The predicted octanol–water partition coefficient (Wildman–Crippen LogP) is 2.69. The third kappa shape index (κ3) is 4.12. The molecular formula is C17H18F2N4O3. The van der Waals surface area contributed by atoms with E-state index in [-0.39, 0.29) is 29.0 Å². The highest BCUT2D eigenvalue weighted by atomic mass is 19.1. The van der Waals surface area contributed by atoms with E-state index in [2.05, 4.69) is 5.32 Å². The van der Waals surface area contributed by atoms with Crippen LogP contribution in [0.5, 0.6) is 0 Å². The molecule has 1 atom stereocenters. The number of primary amides is 1. The summed E-state index contributed by atoms with van der Waals surface area (Å²) in [5, 5.41) is 13.7. The maximum absolute atomic E-state index is 14.1. The molecule has 0 saturated heterocycles. The molecule has 1 amide bonds. The van der Waals surface area contributed by atoms with Gasteiger partial charge in [-0.05, 0) is 32.3 Å². The molecule has 2 aromatic rings. The van der Waals surface area contributed by atoms with Crippen LogP contribution >= 0.6 is 0 Å². The van der Waals surface area contributed by atoms with Crippen molar-refractivity contribution in [3.05, 3.63) is 69.3 Å². The van der Waals surface area contributed by atoms with Crippen molar-refractivity contribution in [2.24, 2.45) is 5.73 Å². The molecule has 0 spiro atoms. The number of rotatable bonds is 7. The number of hydrogen-bond donors (Lipinski definition) is 2. The van der Waals surface area contributed by atoms with Crippen molar-refractivity contribution in [1.82, 2.24) is 4.90 Å². The van der Waals surface area contributed by atoms with Gasteiger partial charge < -0.3 is 16.0 Å². The van der Waals surface area contributed by atoms with Crippen LogP contribution in [0.4, 0.5) is 20.2 Å². The van der Waals surface area contributed by atoms with Crippen LogP contribution in [0.2, 0.25) is 0 Å². The highest BCUT2D eigenvalue weighted by Gasteiger charge is 2.23. The van der Waals surface area contributed by atoms with Crippen molar-refractivity contribution in [1.29, 1.82) is 0 Å². The lowest BCUT2D eigenvalue weighted by Crippen LogP contribution is -2.29. The second kappa shape index (κ2) is 7.87. The highest BCUT2D eigenvalue weighted by molar-refractivity contribution is 5.99. The number of anilines is 1. The largest absolute Gasteiger partial charge is 0.382 e. The fraction of sp³-hybridized carbons (Fsp3) is 0.235. The summed E-state index contributed by atoms with van der Waals surface area (Å²) in [5.41, 5.74) is 5.04. The van der Waals surface area contributed by atoms with Crippen molar-refractivity contribution in [2.45, 2.75) is 6.04 Å². The summed E-state index contributed by atoms with van der Waals surface area (Å²) in [6.45, 7) is 0.0446. The number of hydrogen-bond acceptors (Lipinski definition) is 5. The average Bonchev–Trinajstić information content (AvgIpc) is 2.56. The van der Waals surface area contributed by atoms with E-state index in [9.17, 15) is 23.7 Å². The number of non-ortho nitro benzene ring substituents is 1. The van der Waals surface area contributed by atoms with Crippen LogP contribution < -0.4 is 11.1 Å². The zero-order chi connectivity index (χ0) is 19.4. The Morgan fingerprint density at radius 1 is 1.27 bits per heavy atom. The lowest BCUT2D eigenvalue weighted by molar-refractivity contribution is -0.384. The molecule has 9 heteroatoms. The summed E-state index contributed by atoms with van der Waals surface area (Å²) in [6, 6.07) is 6.51. The van der Waals surface area contributed by atoms with Gasteiger partial charge in [-0.3, -0.25) is 14.9 Å². The summed E-state index contributed by atoms with van der Waals surface area (Å²) < 4.78 is 28.2. The molecule has 138 valence electrons.